The van der Waals surface area contributed by atoms with Crippen LogP contribution in [0.3, 0.4) is 0 Å². The molecule has 0 spiro atoms. The summed E-state index contributed by atoms with van der Waals surface area (Å²) in [5.41, 5.74) is 1.08. The standard InChI is InChI=1S/C12H9NO2/c1-2-4-10-9(3-1)5-6-11(15-10)12-13-7-8-14-12/h1-8,11H. The number of rotatable bonds is 1. The number of benzene rings is 1. The highest BCUT2D eigenvalue weighted by molar-refractivity contribution is 5.59. The Hall–Kier alpha value is -2.03. The summed E-state index contributed by atoms with van der Waals surface area (Å²) in [4.78, 5) is 4.07. The van der Waals surface area contributed by atoms with Gasteiger partial charge in [0, 0.05) is 5.56 Å². The fourth-order valence-corrected chi connectivity index (χ4v) is 1.60. The van der Waals surface area contributed by atoms with E-state index in [1.807, 2.05) is 36.4 Å². The maximum atomic E-state index is 5.73. The Morgan fingerprint density at radius 3 is 3.00 bits per heavy atom. The molecule has 3 heteroatoms. The van der Waals surface area contributed by atoms with E-state index in [1.54, 1.807) is 12.5 Å². The minimum atomic E-state index is -0.213. The van der Waals surface area contributed by atoms with Crippen LogP contribution < -0.4 is 4.74 Å². The number of aromatic nitrogens is 1. The van der Waals surface area contributed by atoms with Crippen LogP contribution in [0.2, 0.25) is 0 Å². The molecule has 1 aromatic carbocycles. The van der Waals surface area contributed by atoms with Gasteiger partial charge in [-0.3, -0.25) is 0 Å². The first-order valence-corrected chi connectivity index (χ1v) is 4.77. The fourth-order valence-electron chi connectivity index (χ4n) is 1.60. The minimum Gasteiger partial charge on any atom is -0.476 e. The van der Waals surface area contributed by atoms with Crippen LogP contribution in [0.4, 0.5) is 0 Å². The van der Waals surface area contributed by atoms with Gasteiger partial charge in [0.15, 0.2) is 6.10 Å². The Bertz CT molecular complexity index is 488. The first-order chi connectivity index (χ1) is 7.43. The Morgan fingerprint density at radius 1 is 1.20 bits per heavy atom. The lowest BCUT2D eigenvalue weighted by Gasteiger charge is -2.18. The minimum absolute atomic E-state index is 0.213. The van der Waals surface area contributed by atoms with Gasteiger partial charge in [0.2, 0.25) is 5.89 Å². The lowest BCUT2D eigenvalue weighted by Crippen LogP contribution is -2.08. The van der Waals surface area contributed by atoms with Crippen molar-refractivity contribution < 1.29 is 9.15 Å². The predicted octanol–water partition coefficient (Wildman–Crippen LogP) is 2.82. The van der Waals surface area contributed by atoms with Crippen LogP contribution in [0, 0.1) is 0 Å². The van der Waals surface area contributed by atoms with Gasteiger partial charge >= 0.3 is 0 Å². The molecule has 1 aliphatic heterocycles. The molecule has 2 aromatic rings. The molecular weight excluding hydrogens is 190 g/mol. The van der Waals surface area contributed by atoms with Crippen LogP contribution in [0.5, 0.6) is 5.75 Å². The molecule has 2 heterocycles. The van der Waals surface area contributed by atoms with Crippen molar-refractivity contribution in [2.24, 2.45) is 0 Å². The Kier molecular flexibility index (Phi) is 1.81. The number of hydrogen-bond donors (Lipinski definition) is 0. The number of fused-ring (bicyclic) bond motifs is 1. The molecule has 3 nitrogen and oxygen atoms in total. The number of para-hydroxylation sites is 1. The van der Waals surface area contributed by atoms with Crippen LogP contribution in [0.15, 0.2) is 47.2 Å². The van der Waals surface area contributed by atoms with Gasteiger partial charge in [-0.1, -0.05) is 24.3 Å². The van der Waals surface area contributed by atoms with Crippen LogP contribution in [0.25, 0.3) is 6.08 Å². The number of nitrogens with zero attached hydrogens (tertiary/aromatic N) is 1. The summed E-state index contributed by atoms with van der Waals surface area (Å²) in [7, 11) is 0. The molecule has 0 saturated carbocycles. The van der Waals surface area contributed by atoms with E-state index >= 15 is 0 Å². The Balaban J connectivity index is 1.96. The molecule has 0 bridgehead atoms. The van der Waals surface area contributed by atoms with E-state index in [1.165, 1.54) is 0 Å². The third kappa shape index (κ3) is 1.42. The maximum absolute atomic E-state index is 5.73. The lowest BCUT2D eigenvalue weighted by atomic mass is 10.1. The average Bonchev–Trinajstić information content (AvgIpc) is 2.82. The molecule has 1 atom stereocenters. The monoisotopic (exact) mass is 199 g/mol. The molecule has 0 radical (unpaired) electrons. The van der Waals surface area contributed by atoms with Crippen LogP contribution in [-0.2, 0) is 0 Å². The fraction of sp³-hybridized carbons (Fsp3) is 0.0833. The molecule has 0 fully saturated rings. The first kappa shape index (κ1) is 8.29. The Labute approximate surface area is 87.0 Å². The molecule has 3 rings (SSSR count). The van der Waals surface area contributed by atoms with E-state index in [9.17, 15) is 0 Å². The first-order valence-electron chi connectivity index (χ1n) is 4.77. The highest BCUT2D eigenvalue weighted by atomic mass is 16.5. The topological polar surface area (TPSA) is 35.3 Å². The van der Waals surface area contributed by atoms with Crippen molar-refractivity contribution in [1.82, 2.24) is 4.98 Å². The van der Waals surface area contributed by atoms with Crippen molar-refractivity contribution in [2.45, 2.75) is 6.10 Å². The number of oxazole rings is 1. The molecule has 0 aliphatic carbocycles. The summed E-state index contributed by atoms with van der Waals surface area (Å²) in [5.74, 6) is 1.45. The van der Waals surface area contributed by atoms with Gasteiger partial charge in [-0.15, -0.1) is 0 Å². The smallest absolute Gasteiger partial charge is 0.239 e. The quantitative estimate of drug-likeness (QED) is 0.708. The van der Waals surface area contributed by atoms with E-state index in [2.05, 4.69) is 4.98 Å². The number of ether oxygens (including phenoxy) is 1. The summed E-state index contributed by atoms with van der Waals surface area (Å²) in [5, 5.41) is 0. The molecule has 1 aromatic heterocycles. The van der Waals surface area contributed by atoms with Crippen molar-refractivity contribution >= 4 is 6.08 Å². The third-order valence-corrected chi connectivity index (χ3v) is 2.32. The second-order valence-corrected chi connectivity index (χ2v) is 3.31. The molecule has 15 heavy (non-hydrogen) atoms. The van der Waals surface area contributed by atoms with Crippen LogP contribution in [0.1, 0.15) is 17.6 Å². The molecule has 1 aliphatic rings. The van der Waals surface area contributed by atoms with E-state index in [0.29, 0.717) is 5.89 Å². The van der Waals surface area contributed by atoms with E-state index < -0.39 is 0 Å². The highest BCUT2D eigenvalue weighted by Gasteiger charge is 2.19. The SMILES string of the molecule is C1=CC(c2ncco2)Oc2ccccc21. The highest BCUT2D eigenvalue weighted by Crippen LogP contribution is 2.31. The second-order valence-electron chi connectivity index (χ2n) is 3.31. The van der Waals surface area contributed by atoms with Crippen molar-refractivity contribution in [2.75, 3.05) is 0 Å². The zero-order chi connectivity index (χ0) is 10.1. The van der Waals surface area contributed by atoms with Crippen molar-refractivity contribution in [3.63, 3.8) is 0 Å². The zero-order valence-corrected chi connectivity index (χ0v) is 7.96. The van der Waals surface area contributed by atoms with Gasteiger partial charge in [-0.05, 0) is 12.1 Å². The van der Waals surface area contributed by atoms with Gasteiger partial charge in [0.1, 0.15) is 12.0 Å². The van der Waals surface area contributed by atoms with Gasteiger partial charge in [-0.25, -0.2) is 4.98 Å². The Morgan fingerprint density at radius 2 is 2.13 bits per heavy atom. The van der Waals surface area contributed by atoms with Crippen LogP contribution in [-0.4, -0.2) is 4.98 Å². The van der Waals surface area contributed by atoms with Gasteiger partial charge in [0.25, 0.3) is 0 Å². The molecule has 0 N–H and O–H groups in total. The summed E-state index contributed by atoms with van der Waals surface area (Å²) in [6, 6.07) is 7.88. The van der Waals surface area contributed by atoms with Crippen LogP contribution >= 0.6 is 0 Å². The zero-order valence-electron chi connectivity index (χ0n) is 7.96. The lowest BCUT2D eigenvalue weighted by molar-refractivity contribution is 0.212. The van der Waals surface area contributed by atoms with Gasteiger partial charge in [0.05, 0.1) is 6.20 Å². The summed E-state index contributed by atoms with van der Waals surface area (Å²) in [6.45, 7) is 0. The maximum Gasteiger partial charge on any atom is 0.239 e. The van der Waals surface area contributed by atoms with Crippen molar-refractivity contribution in [3.8, 4) is 5.75 Å². The van der Waals surface area contributed by atoms with E-state index in [0.717, 1.165) is 11.3 Å². The molecular formula is C12H9NO2. The summed E-state index contributed by atoms with van der Waals surface area (Å²) < 4.78 is 10.9. The van der Waals surface area contributed by atoms with Gasteiger partial charge in [-0.2, -0.15) is 0 Å². The summed E-state index contributed by atoms with van der Waals surface area (Å²) >= 11 is 0. The van der Waals surface area contributed by atoms with Crippen molar-refractivity contribution in [3.05, 3.63) is 54.3 Å². The molecule has 1 unspecified atom stereocenters. The van der Waals surface area contributed by atoms with E-state index in [4.69, 9.17) is 9.15 Å². The third-order valence-electron chi connectivity index (χ3n) is 2.32. The van der Waals surface area contributed by atoms with E-state index in [-0.39, 0.29) is 6.10 Å². The molecule has 0 saturated heterocycles. The largest absolute Gasteiger partial charge is 0.476 e. The summed E-state index contributed by atoms with van der Waals surface area (Å²) in [6.07, 6.45) is 6.91. The van der Waals surface area contributed by atoms with Crippen molar-refractivity contribution in [1.29, 1.82) is 0 Å². The molecule has 0 amide bonds. The predicted molar refractivity (Wildman–Crippen MR) is 55.3 cm³/mol. The normalized spacial score (nSPS) is 18.3. The average molecular weight is 199 g/mol. The van der Waals surface area contributed by atoms with Gasteiger partial charge < -0.3 is 9.15 Å². The second kappa shape index (κ2) is 3.28. The molecule has 74 valence electrons. The number of hydrogen-bond acceptors (Lipinski definition) is 3.